The Morgan fingerprint density at radius 2 is 1.91 bits per heavy atom. The van der Waals surface area contributed by atoms with Gasteiger partial charge in [-0.05, 0) is 54.4 Å². The molecule has 0 bridgehead atoms. The molecule has 1 aliphatic heterocycles. The zero-order valence-corrected chi connectivity index (χ0v) is 13.7. The zero-order chi connectivity index (χ0) is 16.2. The van der Waals surface area contributed by atoms with Gasteiger partial charge in [-0.2, -0.15) is 0 Å². The van der Waals surface area contributed by atoms with E-state index < -0.39 is 0 Å². The summed E-state index contributed by atoms with van der Waals surface area (Å²) in [6.07, 6.45) is 2.88. The van der Waals surface area contributed by atoms with Crippen LogP contribution in [0.15, 0.2) is 36.4 Å². The van der Waals surface area contributed by atoms with E-state index in [1.54, 1.807) is 12.1 Å². The molecule has 1 amide bonds. The molecule has 1 aliphatic rings. The standard InChI is InChI=1S/C19H24N2O2/c1-20(10-11-21-9-3-2-4-19(21)23)14-15-5-6-17-13-18(22)8-7-16(17)12-15/h5-8,12-13,22H,2-4,9-11,14H2,1H3. The number of carbonyl (C=O) groups is 1. The number of piperidine rings is 1. The molecule has 4 heteroatoms. The van der Waals surface area contributed by atoms with E-state index in [9.17, 15) is 9.90 Å². The monoisotopic (exact) mass is 312 g/mol. The molecule has 3 rings (SSSR count). The van der Waals surface area contributed by atoms with Gasteiger partial charge < -0.3 is 14.9 Å². The van der Waals surface area contributed by atoms with Crippen LogP contribution in [0.1, 0.15) is 24.8 Å². The van der Waals surface area contributed by atoms with Crippen LogP contribution in [0.3, 0.4) is 0 Å². The van der Waals surface area contributed by atoms with E-state index in [2.05, 4.69) is 24.1 Å². The fraction of sp³-hybridized carbons (Fsp3) is 0.421. The van der Waals surface area contributed by atoms with E-state index in [-0.39, 0.29) is 0 Å². The Bertz CT molecular complexity index is 699. The van der Waals surface area contributed by atoms with E-state index in [0.717, 1.165) is 49.8 Å². The molecule has 23 heavy (non-hydrogen) atoms. The average molecular weight is 312 g/mol. The summed E-state index contributed by atoms with van der Waals surface area (Å²) < 4.78 is 0. The molecule has 122 valence electrons. The number of likely N-dealkylation sites (tertiary alicyclic amines) is 1. The first-order valence-electron chi connectivity index (χ1n) is 8.30. The van der Waals surface area contributed by atoms with Gasteiger partial charge in [-0.1, -0.05) is 18.2 Å². The van der Waals surface area contributed by atoms with E-state index in [4.69, 9.17) is 0 Å². The molecular formula is C19H24N2O2. The van der Waals surface area contributed by atoms with E-state index in [1.165, 1.54) is 5.56 Å². The number of hydrogen-bond donors (Lipinski definition) is 1. The van der Waals surface area contributed by atoms with Gasteiger partial charge in [0.25, 0.3) is 0 Å². The Labute approximate surface area is 137 Å². The molecule has 0 radical (unpaired) electrons. The number of rotatable bonds is 5. The molecule has 2 aromatic rings. The second kappa shape index (κ2) is 7.01. The van der Waals surface area contributed by atoms with Crippen molar-refractivity contribution >= 4 is 16.7 Å². The van der Waals surface area contributed by atoms with Gasteiger partial charge in [-0.25, -0.2) is 0 Å². The first-order valence-corrected chi connectivity index (χ1v) is 8.30. The lowest BCUT2D eigenvalue weighted by atomic mass is 10.1. The lowest BCUT2D eigenvalue weighted by Crippen LogP contribution is -2.40. The fourth-order valence-electron chi connectivity index (χ4n) is 3.16. The Morgan fingerprint density at radius 1 is 1.13 bits per heavy atom. The number of amides is 1. The SMILES string of the molecule is CN(CCN1CCCCC1=O)Cc1ccc2cc(O)ccc2c1. The molecule has 0 saturated carbocycles. The highest BCUT2D eigenvalue weighted by Crippen LogP contribution is 2.21. The second-order valence-corrected chi connectivity index (χ2v) is 6.44. The van der Waals surface area contributed by atoms with Crippen molar-refractivity contribution in [1.29, 1.82) is 0 Å². The van der Waals surface area contributed by atoms with Gasteiger partial charge in [0.2, 0.25) is 5.91 Å². The van der Waals surface area contributed by atoms with Gasteiger partial charge >= 0.3 is 0 Å². The smallest absolute Gasteiger partial charge is 0.222 e. The lowest BCUT2D eigenvalue weighted by molar-refractivity contribution is -0.133. The first-order chi connectivity index (χ1) is 11.1. The molecule has 0 spiro atoms. The second-order valence-electron chi connectivity index (χ2n) is 6.44. The van der Waals surface area contributed by atoms with Crippen molar-refractivity contribution in [2.24, 2.45) is 0 Å². The Balaban J connectivity index is 1.58. The predicted molar refractivity (Wildman–Crippen MR) is 92.4 cm³/mol. The minimum absolute atomic E-state index is 0.300. The maximum Gasteiger partial charge on any atom is 0.222 e. The molecule has 0 atom stereocenters. The molecule has 0 unspecified atom stereocenters. The van der Waals surface area contributed by atoms with Crippen LogP contribution in [0.5, 0.6) is 5.75 Å². The van der Waals surface area contributed by atoms with Gasteiger partial charge in [0.15, 0.2) is 0 Å². The number of fused-ring (bicyclic) bond motifs is 1. The third-order valence-corrected chi connectivity index (χ3v) is 4.51. The lowest BCUT2D eigenvalue weighted by Gasteiger charge is -2.28. The van der Waals surface area contributed by atoms with Crippen LogP contribution < -0.4 is 0 Å². The zero-order valence-electron chi connectivity index (χ0n) is 13.7. The van der Waals surface area contributed by atoms with Gasteiger partial charge in [0.1, 0.15) is 5.75 Å². The largest absolute Gasteiger partial charge is 0.508 e. The van der Waals surface area contributed by atoms with E-state index in [1.807, 2.05) is 17.0 Å². The summed E-state index contributed by atoms with van der Waals surface area (Å²) in [5.41, 5.74) is 1.25. The van der Waals surface area contributed by atoms with Crippen molar-refractivity contribution in [3.63, 3.8) is 0 Å². The predicted octanol–water partition coefficient (Wildman–Crippen LogP) is 2.99. The van der Waals surface area contributed by atoms with Crippen LogP contribution in [-0.4, -0.2) is 47.5 Å². The highest BCUT2D eigenvalue weighted by molar-refractivity contribution is 5.84. The molecule has 1 N–H and O–H groups in total. The van der Waals surface area contributed by atoms with Crippen LogP contribution >= 0.6 is 0 Å². The van der Waals surface area contributed by atoms with Gasteiger partial charge in [-0.15, -0.1) is 0 Å². The van der Waals surface area contributed by atoms with Crippen LogP contribution in [-0.2, 0) is 11.3 Å². The normalized spacial score (nSPS) is 15.6. The van der Waals surface area contributed by atoms with Gasteiger partial charge in [0, 0.05) is 32.6 Å². The van der Waals surface area contributed by atoms with Crippen molar-refractivity contribution < 1.29 is 9.90 Å². The summed E-state index contributed by atoms with van der Waals surface area (Å²) in [5.74, 6) is 0.601. The minimum Gasteiger partial charge on any atom is -0.508 e. The van der Waals surface area contributed by atoms with Crippen molar-refractivity contribution in [3.05, 3.63) is 42.0 Å². The summed E-state index contributed by atoms with van der Waals surface area (Å²) >= 11 is 0. The molecular weight excluding hydrogens is 288 g/mol. The van der Waals surface area contributed by atoms with Crippen molar-refractivity contribution in [3.8, 4) is 5.75 Å². The van der Waals surface area contributed by atoms with Crippen LogP contribution in [0.4, 0.5) is 0 Å². The Hall–Kier alpha value is -2.07. The third kappa shape index (κ3) is 4.02. The molecule has 1 saturated heterocycles. The van der Waals surface area contributed by atoms with Crippen molar-refractivity contribution in [2.45, 2.75) is 25.8 Å². The summed E-state index contributed by atoms with van der Waals surface area (Å²) in [6.45, 7) is 3.47. The third-order valence-electron chi connectivity index (χ3n) is 4.51. The van der Waals surface area contributed by atoms with Crippen LogP contribution in [0, 0.1) is 0 Å². The van der Waals surface area contributed by atoms with Crippen molar-refractivity contribution in [1.82, 2.24) is 9.80 Å². The Morgan fingerprint density at radius 3 is 2.74 bits per heavy atom. The molecule has 1 heterocycles. The van der Waals surface area contributed by atoms with E-state index >= 15 is 0 Å². The number of hydrogen-bond acceptors (Lipinski definition) is 3. The maximum atomic E-state index is 11.8. The molecule has 4 nitrogen and oxygen atoms in total. The fourth-order valence-corrected chi connectivity index (χ4v) is 3.16. The quantitative estimate of drug-likeness (QED) is 0.923. The summed E-state index contributed by atoms with van der Waals surface area (Å²) in [4.78, 5) is 16.1. The number of phenolic OH excluding ortho intramolecular Hbond substituents is 1. The van der Waals surface area contributed by atoms with Gasteiger partial charge in [0.05, 0.1) is 0 Å². The minimum atomic E-state index is 0.300. The van der Waals surface area contributed by atoms with Crippen molar-refractivity contribution in [2.75, 3.05) is 26.7 Å². The van der Waals surface area contributed by atoms with Crippen LogP contribution in [0.25, 0.3) is 10.8 Å². The number of benzene rings is 2. The maximum absolute atomic E-state index is 11.8. The average Bonchev–Trinajstić information content (AvgIpc) is 2.54. The first kappa shape index (κ1) is 15.8. The molecule has 2 aromatic carbocycles. The Kier molecular flexibility index (Phi) is 4.82. The summed E-state index contributed by atoms with van der Waals surface area (Å²) in [7, 11) is 2.09. The van der Waals surface area contributed by atoms with E-state index in [0.29, 0.717) is 18.1 Å². The summed E-state index contributed by atoms with van der Waals surface area (Å²) in [6, 6.07) is 11.8. The van der Waals surface area contributed by atoms with Crippen LogP contribution in [0.2, 0.25) is 0 Å². The molecule has 0 aliphatic carbocycles. The number of carbonyl (C=O) groups excluding carboxylic acids is 1. The number of likely N-dealkylation sites (N-methyl/N-ethyl adjacent to an activating group) is 1. The highest BCUT2D eigenvalue weighted by Gasteiger charge is 2.17. The van der Waals surface area contributed by atoms with Gasteiger partial charge in [-0.3, -0.25) is 4.79 Å². The number of nitrogens with zero attached hydrogens (tertiary/aromatic N) is 2. The number of aromatic hydroxyl groups is 1. The molecule has 0 aromatic heterocycles. The summed E-state index contributed by atoms with van der Waals surface area (Å²) in [5, 5.41) is 11.7. The number of phenols is 1. The topological polar surface area (TPSA) is 43.8 Å². The highest BCUT2D eigenvalue weighted by atomic mass is 16.3. The molecule has 1 fully saturated rings.